The summed E-state index contributed by atoms with van der Waals surface area (Å²) in [6.07, 6.45) is 4.85. The molecule has 1 aliphatic rings. The molecule has 1 atom stereocenters. The van der Waals surface area contributed by atoms with Crippen LogP contribution in [0.5, 0.6) is 0 Å². The van der Waals surface area contributed by atoms with Gasteiger partial charge in [-0.15, -0.1) is 0 Å². The lowest BCUT2D eigenvalue weighted by Crippen LogP contribution is -2.39. The molecule has 6 heteroatoms. The van der Waals surface area contributed by atoms with E-state index in [9.17, 15) is 9.18 Å². The van der Waals surface area contributed by atoms with Gasteiger partial charge in [0.05, 0.1) is 6.20 Å². The van der Waals surface area contributed by atoms with Crippen LogP contribution in [-0.2, 0) is 11.2 Å². The molecule has 0 radical (unpaired) electrons. The number of halogens is 2. The number of amides is 1. The average molecular weight is 412 g/mol. The largest absolute Gasteiger partial charge is 0.342 e. The summed E-state index contributed by atoms with van der Waals surface area (Å²) in [7, 11) is 0. The molecule has 0 spiro atoms. The molecule has 29 heavy (non-hydrogen) atoms. The highest BCUT2D eigenvalue weighted by molar-refractivity contribution is 6.30. The summed E-state index contributed by atoms with van der Waals surface area (Å²) in [6, 6.07) is 14.2. The van der Waals surface area contributed by atoms with E-state index in [1.54, 1.807) is 12.3 Å². The number of benzene rings is 2. The lowest BCUT2D eigenvalue weighted by molar-refractivity contribution is -0.132. The smallest absolute Gasteiger partial charge is 0.222 e. The molecule has 150 valence electrons. The molecule has 1 fully saturated rings. The normalized spacial score (nSPS) is 16.8. The maximum Gasteiger partial charge on any atom is 0.222 e. The van der Waals surface area contributed by atoms with Gasteiger partial charge in [-0.1, -0.05) is 35.9 Å². The molecule has 1 amide bonds. The number of carbonyl (C=O) groups excluding carboxylic acids is 1. The minimum atomic E-state index is -0.266. The zero-order valence-corrected chi connectivity index (χ0v) is 16.8. The average Bonchev–Trinajstić information content (AvgIpc) is 3.23. The van der Waals surface area contributed by atoms with Crippen LogP contribution in [0, 0.1) is 5.82 Å². The molecule has 1 aliphatic heterocycles. The van der Waals surface area contributed by atoms with Crippen LogP contribution in [-0.4, -0.2) is 34.1 Å². The molecule has 4 nitrogen and oxygen atoms in total. The third kappa shape index (κ3) is 4.67. The van der Waals surface area contributed by atoms with E-state index in [2.05, 4.69) is 10.2 Å². The van der Waals surface area contributed by atoms with Gasteiger partial charge in [0, 0.05) is 41.7 Å². The van der Waals surface area contributed by atoms with Gasteiger partial charge in [0.15, 0.2) is 0 Å². The molecule has 1 aromatic heterocycles. The molecule has 0 aliphatic carbocycles. The van der Waals surface area contributed by atoms with Gasteiger partial charge >= 0.3 is 0 Å². The second kappa shape index (κ2) is 8.78. The van der Waals surface area contributed by atoms with Gasteiger partial charge < -0.3 is 4.90 Å². The minimum absolute atomic E-state index is 0.163. The quantitative estimate of drug-likeness (QED) is 0.626. The maximum absolute atomic E-state index is 13.7. The predicted octanol–water partition coefficient (Wildman–Crippen LogP) is 5.21. The predicted molar refractivity (Wildman–Crippen MR) is 112 cm³/mol. The lowest BCUT2D eigenvalue weighted by Gasteiger charge is -2.33. The molecule has 0 unspecified atom stereocenters. The van der Waals surface area contributed by atoms with Crippen molar-refractivity contribution in [1.29, 1.82) is 0 Å². The first-order chi connectivity index (χ1) is 14.1. The highest BCUT2D eigenvalue weighted by Gasteiger charge is 2.27. The Morgan fingerprint density at radius 3 is 2.86 bits per heavy atom. The number of nitrogens with one attached hydrogen (secondary N) is 1. The number of hydrogen-bond acceptors (Lipinski definition) is 2. The summed E-state index contributed by atoms with van der Waals surface area (Å²) in [5, 5.41) is 7.99. The van der Waals surface area contributed by atoms with Crippen LogP contribution >= 0.6 is 11.6 Å². The highest BCUT2D eigenvalue weighted by Crippen LogP contribution is 2.33. The molecule has 1 N–H and O–H groups in total. The van der Waals surface area contributed by atoms with Gasteiger partial charge in [0.1, 0.15) is 5.82 Å². The fourth-order valence-corrected chi connectivity index (χ4v) is 4.12. The third-order valence-corrected chi connectivity index (χ3v) is 5.78. The zero-order valence-electron chi connectivity index (χ0n) is 16.1. The van der Waals surface area contributed by atoms with Crippen LogP contribution < -0.4 is 0 Å². The van der Waals surface area contributed by atoms with Gasteiger partial charge in [0.25, 0.3) is 0 Å². The van der Waals surface area contributed by atoms with Crippen molar-refractivity contribution in [2.24, 2.45) is 0 Å². The van der Waals surface area contributed by atoms with Crippen molar-refractivity contribution in [2.75, 3.05) is 13.1 Å². The Balaban J connectivity index is 1.43. The monoisotopic (exact) mass is 411 g/mol. The standard InChI is InChI=1S/C23H23ClFN3O/c24-19-9-6-16(7-10-19)8-11-22(29)28-12-2-4-18(15-28)23-21(14-26-27-23)17-3-1-5-20(25)13-17/h1,3,5-7,9-10,13-14,18H,2,4,8,11-12,15H2,(H,26,27)/t18-/m1/s1. The van der Waals surface area contributed by atoms with Crippen molar-refractivity contribution in [1.82, 2.24) is 15.1 Å². The van der Waals surface area contributed by atoms with Crippen molar-refractivity contribution in [3.63, 3.8) is 0 Å². The first-order valence-electron chi connectivity index (χ1n) is 9.91. The number of aryl methyl sites for hydroxylation is 1. The van der Waals surface area contributed by atoms with Gasteiger partial charge in [0.2, 0.25) is 5.91 Å². The first kappa shape index (κ1) is 19.6. The number of rotatable bonds is 5. The molecule has 0 bridgehead atoms. The number of likely N-dealkylation sites (tertiary alicyclic amines) is 1. The summed E-state index contributed by atoms with van der Waals surface area (Å²) >= 11 is 5.92. The second-order valence-electron chi connectivity index (χ2n) is 7.51. The Bertz CT molecular complexity index is 986. The summed E-state index contributed by atoms with van der Waals surface area (Å²) in [5.74, 6) is 0.0674. The summed E-state index contributed by atoms with van der Waals surface area (Å²) in [5.41, 5.74) is 3.80. The van der Waals surface area contributed by atoms with Gasteiger partial charge in [-0.25, -0.2) is 4.39 Å². The van der Waals surface area contributed by atoms with Crippen molar-refractivity contribution in [3.8, 4) is 11.1 Å². The number of hydrogen-bond donors (Lipinski definition) is 1. The van der Waals surface area contributed by atoms with Gasteiger partial charge in [-0.05, 0) is 54.7 Å². The molecule has 3 aromatic rings. The molecule has 2 aromatic carbocycles. The van der Waals surface area contributed by atoms with Gasteiger partial charge in [-0.2, -0.15) is 5.10 Å². The van der Waals surface area contributed by atoms with E-state index < -0.39 is 0 Å². The fraction of sp³-hybridized carbons (Fsp3) is 0.304. The summed E-state index contributed by atoms with van der Waals surface area (Å²) in [6.45, 7) is 1.43. The van der Waals surface area contributed by atoms with Crippen LogP contribution in [0.3, 0.4) is 0 Å². The molecular formula is C23H23ClFN3O. The fourth-order valence-electron chi connectivity index (χ4n) is 3.99. The van der Waals surface area contributed by atoms with E-state index in [-0.39, 0.29) is 17.6 Å². The number of piperidine rings is 1. The van der Waals surface area contributed by atoms with Crippen molar-refractivity contribution < 1.29 is 9.18 Å². The number of aromatic nitrogens is 2. The van der Waals surface area contributed by atoms with E-state index in [0.29, 0.717) is 24.4 Å². The molecule has 1 saturated heterocycles. The van der Waals surface area contributed by atoms with E-state index in [4.69, 9.17) is 11.6 Å². The first-order valence-corrected chi connectivity index (χ1v) is 10.3. The SMILES string of the molecule is O=C(CCc1ccc(Cl)cc1)N1CCC[C@@H](c2[nH]ncc2-c2cccc(F)c2)C1. The number of nitrogens with zero attached hydrogens (tertiary/aromatic N) is 2. The van der Waals surface area contributed by atoms with E-state index in [0.717, 1.165) is 41.8 Å². The van der Waals surface area contributed by atoms with Crippen molar-refractivity contribution >= 4 is 17.5 Å². The molecular weight excluding hydrogens is 389 g/mol. The minimum Gasteiger partial charge on any atom is -0.342 e. The van der Waals surface area contributed by atoms with Crippen molar-refractivity contribution in [2.45, 2.75) is 31.6 Å². The summed E-state index contributed by atoms with van der Waals surface area (Å²) in [4.78, 5) is 14.7. The zero-order chi connectivity index (χ0) is 20.2. The number of aromatic amines is 1. The van der Waals surface area contributed by atoms with E-state index >= 15 is 0 Å². The van der Waals surface area contributed by atoms with Crippen LogP contribution in [0.4, 0.5) is 4.39 Å². The van der Waals surface area contributed by atoms with E-state index in [1.165, 1.54) is 12.1 Å². The van der Waals surface area contributed by atoms with E-state index in [1.807, 2.05) is 35.2 Å². The van der Waals surface area contributed by atoms with Crippen LogP contribution in [0.1, 0.15) is 36.4 Å². The van der Waals surface area contributed by atoms with Crippen LogP contribution in [0.2, 0.25) is 5.02 Å². The number of H-pyrrole nitrogens is 1. The third-order valence-electron chi connectivity index (χ3n) is 5.53. The van der Waals surface area contributed by atoms with Crippen LogP contribution in [0.25, 0.3) is 11.1 Å². The summed E-state index contributed by atoms with van der Waals surface area (Å²) < 4.78 is 13.7. The lowest BCUT2D eigenvalue weighted by atomic mass is 9.90. The van der Waals surface area contributed by atoms with Crippen LogP contribution in [0.15, 0.2) is 54.7 Å². The highest BCUT2D eigenvalue weighted by atomic mass is 35.5. The Kier molecular flexibility index (Phi) is 5.95. The second-order valence-corrected chi connectivity index (χ2v) is 7.95. The number of carbonyl (C=O) groups is 1. The van der Waals surface area contributed by atoms with Gasteiger partial charge in [-0.3, -0.25) is 9.89 Å². The molecule has 0 saturated carbocycles. The Hall–Kier alpha value is -2.66. The molecule has 4 rings (SSSR count). The molecule has 2 heterocycles. The Morgan fingerprint density at radius 1 is 1.24 bits per heavy atom. The Labute approximate surface area is 174 Å². The topological polar surface area (TPSA) is 49.0 Å². The van der Waals surface area contributed by atoms with Crippen molar-refractivity contribution in [3.05, 3.63) is 76.8 Å². The Morgan fingerprint density at radius 2 is 2.07 bits per heavy atom. The maximum atomic E-state index is 13.7.